The molecule has 0 saturated carbocycles. The van der Waals surface area contributed by atoms with Gasteiger partial charge < -0.3 is 20.3 Å². The second-order valence-corrected chi connectivity index (χ2v) is 8.31. The topological polar surface area (TPSA) is 48.9 Å². The average molecular weight is 389 g/mol. The molecule has 1 aromatic carbocycles. The van der Waals surface area contributed by atoms with E-state index < -0.39 is 0 Å². The lowest BCUT2D eigenvalue weighted by atomic mass is 10.1. The van der Waals surface area contributed by atoms with E-state index in [9.17, 15) is 4.39 Å². The number of thiophene rings is 1. The fourth-order valence-electron chi connectivity index (χ4n) is 3.70. The smallest absolute Gasteiger partial charge is 0.139 e. The first-order valence-corrected chi connectivity index (χ1v) is 10.2. The molecule has 1 fully saturated rings. The van der Waals surface area contributed by atoms with E-state index in [2.05, 4.69) is 28.5 Å². The van der Waals surface area contributed by atoms with Gasteiger partial charge in [0.2, 0.25) is 0 Å². The van der Waals surface area contributed by atoms with E-state index >= 15 is 0 Å². The number of nitrogens with one attached hydrogen (secondary N) is 2. The molecule has 0 amide bonds. The van der Waals surface area contributed by atoms with Crippen LogP contribution < -0.4 is 10.6 Å². The molecule has 0 unspecified atom stereocenters. The third-order valence-corrected chi connectivity index (χ3v) is 5.95. The number of benzene rings is 1. The second-order valence-electron chi connectivity index (χ2n) is 7.05. The van der Waals surface area contributed by atoms with Gasteiger partial charge in [-0.05, 0) is 38.0 Å². The molecule has 2 aromatic rings. The van der Waals surface area contributed by atoms with Gasteiger partial charge in [-0.2, -0.15) is 0 Å². The van der Waals surface area contributed by atoms with Crippen molar-refractivity contribution in [2.75, 3.05) is 38.7 Å². The number of hydrogen-bond donors (Lipinski definition) is 2. The lowest BCUT2D eigenvalue weighted by Gasteiger charge is -2.35. The number of piperazine rings is 1. The highest BCUT2D eigenvalue weighted by Crippen LogP contribution is 2.39. The molecule has 144 valence electrons. The van der Waals surface area contributed by atoms with E-state index in [1.54, 1.807) is 24.5 Å². The first-order chi connectivity index (χ1) is 13.1. The minimum Gasteiger partial charge on any atom is -0.385 e. The summed E-state index contributed by atoms with van der Waals surface area (Å²) in [5, 5.41) is 8.12. The number of nitrogens with zero attached hydrogens (tertiary/aromatic N) is 2. The zero-order valence-electron chi connectivity index (χ0n) is 15.7. The third kappa shape index (κ3) is 4.00. The molecule has 0 spiro atoms. The van der Waals surface area contributed by atoms with Crippen molar-refractivity contribution in [3.05, 3.63) is 40.5 Å². The summed E-state index contributed by atoms with van der Waals surface area (Å²) in [7, 11) is 1.74. The van der Waals surface area contributed by atoms with E-state index in [4.69, 9.17) is 9.73 Å². The Labute approximate surface area is 163 Å². The molecule has 7 heteroatoms. The summed E-state index contributed by atoms with van der Waals surface area (Å²) in [6.07, 6.45) is 2.10. The van der Waals surface area contributed by atoms with Crippen molar-refractivity contribution in [2.45, 2.75) is 25.8 Å². The van der Waals surface area contributed by atoms with Gasteiger partial charge in [-0.3, -0.25) is 0 Å². The third-order valence-electron chi connectivity index (χ3n) is 4.99. The zero-order chi connectivity index (χ0) is 18.8. The summed E-state index contributed by atoms with van der Waals surface area (Å²) in [6, 6.07) is 7.33. The standard InChI is InChI=1S/C20H25FN4OS/c1-13-10-16-19(25-8-7-22-15(12-25)4-3-9-26-2)23-18-11-14(21)5-6-17(18)24-20(16)27-13/h5-6,10-11,15,22,24H,3-4,7-9,12H2,1-2H3/t15-/m0/s1. The van der Waals surface area contributed by atoms with Gasteiger partial charge in [-0.15, -0.1) is 11.3 Å². The monoisotopic (exact) mass is 388 g/mol. The quantitative estimate of drug-likeness (QED) is 0.777. The Morgan fingerprint density at radius 1 is 1.37 bits per heavy atom. The number of fused-ring (bicyclic) bond motifs is 2. The van der Waals surface area contributed by atoms with Crippen LogP contribution in [0.25, 0.3) is 0 Å². The van der Waals surface area contributed by atoms with Crippen LogP contribution in [0.2, 0.25) is 0 Å². The van der Waals surface area contributed by atoms with Gasteiger partial charge in [0.05, 0.1) is 16.9 Å². The van der Waals surface area contributed by atoms with Gasteiger partial charge in [-0.25, -0.2) is 9.38 Å². The number of aryl methyl sites for hydroxylation is 1. The minimum absolute atomic E-state index is 0.266. The first kappa shape index (κ1) is 18.4. The molecule has 1 aromatic heterocycles. The summed E-state index contributed by atoms with van der Waals surface area (Å²) < 4.78 is 19.0. The van der Waals surface area contributed by atoms with Gasteiger partial charge in [0.1, 0.15) is 16.7 Å². The maximum absolute atomic E-state index is 13.8. The van der Waals surface area contributed by atoms with Crippen LogP contribution >= 0.6 is 11.3 Å². The van der Waals surface area contributed by atoms with E-state index in [0.29, 0.717) is 11.7 Å². The number of methoxy groups -OCH3 is 1. The maximum Gasteiger partial charge on any atom is 0.139 e. The van der Waals surface area contributed by atoms with Crippen LogP contribution in [0.5, 0.6) is 0 Å². The van der Waals surface area contributed by atoms with Crippen LogP contribution in [0, 0.1) is 12.7 Å². The molecule has 5 nitrogen and oxygen atoms in total. The molecule has 2 aliphatic heterocycles. The van der Waals surface area contributed by atoms with Crippen molar-refractivity contribution in [1.82, 2.24) is 10.2 Å². The Kier molecular flexibility index (Phi) is 5.43. The van der Waals surface area contributed by atoms with Gasteiger partial charge in [-0.1, -0.05) is 0 Å². The fourth-order valence-corrected chi connectivity index (χ4v) is 4.62. The van der Waals surface area contributed by atoms with Crippen LogP contribution in [-0.2, 0) is 4.74 Å². The summed E-state index contributed by atoms with van der Waals surface area (Å²) in [6.45, 7) is 5.58. The van der Waals surface area contributed by atoms with Gasteiger partial charge in [0.15, 0.2) is 0 Å². The molecule has 1 saturated heterocycles. The SMILES string of the molecule is COCCC[C@H]1CN(C2=Nc3cc(F)ccc3Nc3sc(C)cc32)CCN1. The predicted octanol–water partition coefficient (Wildman–Crippen LogP) is 4.03. The maximum atomic E-state index is 13.8. The van der Waals surface area contributed by atoms with Crippen LogP contribution in [0.4, 0.5) is 20.8 Å². The molecule has 0 radical (unpaired) electrons. The largest absolute Gasteiger partial charge is 0.385 e. The lowest BCUT2D eigenvalue weighted by Crippen LogP contribution is -2.52. The molecule has 4 rings (SSSR count). The molecule has 0 aliphatic carbocycles. The zero-order valence-corrected chi connectivity index (χ0v) is 16.5. The van der Waals surface area contributed by atoms with Crippen LogP contribution in [-0.4, -0.2) is 50.1 Å². The van der Waals surface area contributed by atoms with Gasteiger partial charge >= 0.3 is 0 Å². The number of amidine groups is 1. The number of hydrogen-bond acceptors (Lipinski definition) is 6. The average Bonchev–Trinajstić information content (AvgIpc) is 2.95. The number of anilines is 2. The van der Waals surface area contributed by atoms with E-state index in [1.807, 2.05) is 0 Å². The van der Waals surface area contributed by atoms with E-state index in [0.717, 1.165) is 61.2 Å². The fraction of sp³-hybridized carbons (Fsp3) is 0.450. The first-order valence-electron chi connectivity index (χ1n) is 9.37. The summed E-state index contributed by atoms with van der Waals surface area (Å²) >= 11 is 1.71. The van der Waals surface area contributed by atoms with Crippen molar-refractivity contribution in [3.63, 3.8) is 0 Å². The van der Waals surface area contributed by atoms with Crippen molar-refractivity contribution in [2.24, 2.45) is 4.99 Å². The summed E-state index contributed by atoms with van der Waals surface area (Å²) in [5.74, 6) is 0.669. The number of aliphatic imine (C=N–C) groups is 1. The molecular formula is C20H25FN4OS. The molecule has 27 heavy (non-hydrogen) atoms. The van der Waals surface area contributed by atoms with Crippen molar-refractivity contribution < 1.29 is 9.13 Å². The molecular weight excluding hydrogens is 363 g/mol. The van der Waals surface area contributed by atoms with Gasteiger partial charge in [0.25, 0.3) is 0 Å². The van der Waals surface area contributed by atoms with Crippen molar-refractivity contribution in [3.8, 4) is 0 Å². The minimum atomic E-state index is -0.266. The number of rotatable bonds is 4. The predicted molar refractivity (Wildman–Crippen MR) is 109 cm³/mol. The van der Waals surface area contributed by atoms with E-state index in [-0.39, 0.29) is 5.82 Å². The highest BCUT2D eigenvalue weighted by Gasteiger charge is 2.27. The van der Waals surface area contributed by atoms with E-state index in [1.165, 1.54) is 17.0 Å². The lowest BCUT2D eigenvalue weighted by molar-refractivity contribution is 0.182. The Morgan fingerprint density at radius 2 is 2.26 bits per heavy atom. The normalized spacial score (nSPS) is 19.0. The molecule has 2 aliphatic rings. The number of halogens is 1. The highest BCUT2D eigenvalue weighted by atomic mass is 32.1. The summed E-state index contributed by atoms with van der Waals surface area (Å²) in [5.41, 5.74) is 2.61. The van der Waals surface area contributed by atoms with Crippen molar-refractivity contribution in [1.29, 1.82) is 0 Å². The molecule has 2 N–H and O–H groups in total. The van der Waals surface area contributed by atoms with Gasteiger partial charge in [0, 0.05) is 50.3 Å². The Hall–Kier alpha value is -1.96. The van der Waals surface area contributed by atoms with Crippen LogP contribution in [0.3, 0.4) is 0 Å². The van der Waals surface area contributed by atoms with Crippen molar-refractivity contribution >= 4 is 33.5 Å². The molecule has 3 heterocycles. The Balaban J connectivity index is 1.66. The van der Waals surface area contributed by atoms with Crippen LogP contribution in [0.1, 0.15) is 23.3 Å². The highest BCUT2D eigenvalue weighted by molar-refractivity contribution is 7.16. The molecule has 1 atom stereocenters. The summed E-state index contributed by atoms with van der Waals surface area (Å²) in [4.78, 5) is 8.47. The Bertz CT molecular complexity index is 851. The Morgan fingerprint density at radius 3 is 3.11 bits per heavy atom. The second kappa shape index (κ2) is 7.96. The molecule has 0 bridgehead atoms. The number of ether oxygens (including phenoxy) is 1. The van der Waals surface area contributed by atoms with Crippen LogP contribution in [0.15, 0.2) is 29.3 Å².